The first-order valence-corrected chi connectivity index (χ1v) is 9.37. The zero-order chi connectivity index (χ0) is 18.2. The van der Waals surface area contributed by atoms with E-state index in [0.29, 0.717) is 22.8 Å². The van der Waals surface area contributed by atoms with Gasteiger partial charge in [0.2, 0.25) is 5.91 Å². The number of hydrogen-bond donors (Lipinski definition) is 2. The van der Waals surface area contributed by atoms with Crippen LogP contribution in [0, 0.1) is 0 Å². The van der Waals surface area contributed by atoms with E-state index in [-0.39, 0.29) is 17.1 Å². The topological polar surface area (TPSA) is 58.2 Å². The maximum atomic E-state index is 12.5. The van der Waals surface area contributed by atoms with Gasteiger partial charge in [0.1, 0.15) is 0 Å². The second kappa shape index (κ2) is 9.49. The Morgan fingerprint density at radius 3 is 2.48 bits per heavy atom. The number of anilines is 1. The molecule has 25 heavy (non-hydrogen) atoms. The zero-order valence-corrected chi connectivity index (χ0v) is 15.8. The van der Waals surface area contributed by atoms with E-state index in [1.165, 1.54) is 11.8 Å². The van der Waals surface area contributed by atoms with Crippen molar-refractivity contribution in [2.75, 3.05) is 11.9 Å². The maximum absolute atomic E-state index is 12.5. The van der Waals surface area contributed by atoms with Crippen molar-refractivity contribution in [3.8, 4) is 0 Å². The first kappa shape index (κ1) is 19.3. The van der Waals surface area contributed by atoms with Crippen molar-refractivity contribution < 1.29 is 9.59 Å². The number of nitrogens with one attached hydrogen (secondary N) is 2. The summed E-state index contributed by atoms with van der Waals surface area (Å²) >= 11 is 7.31. The van der Waals surface area contributed by atoms with Gasteiger partial charge in [-0.15, -0.1) is 11.8 Å². The Morgan fingerprint density at radius 1 is 1.12 bits per heavy atom. The molecule has 2 rings (SSSR count). The van der Waals surface area contributed by atoms with E-state index < -0.39 is 0 Å². The van der Waals surface area contributed by atoms with Gasteiger partial charge in [-0.2, -0.15) is 0 Å². The number of rotatable bonds is 7. The van der Waals surface area contributed by atoms with Gasteiger partial charge < -0.3 is 10.6 Å². The summed E-state index contributed by atoms with van der Waals surface area (Å²) in [5.74, 6) is -0.341. The molecule has 0 spiro atoms. The predicted octanol–water partition coefficient (Wildman–Crippen LogP) is 4.60. The van der Waals surface area contributed by atoms with Crippen LogP contribution < -0.4 is 10.6 Å². The monoisotopic (exact) mass is 376 g/mol. The Bertz CT molecular complexity index is 734. The van der Waals surface area contributed by atoms with Gasteiger partial charge in [0.05, 0.1) is 16.5 Å². The fraction of sp³-hybridized carbons (Fsp3) is 0.263. The first-order valence-electron chi connectivity index (χ1n) is 8.11. The number of thioether (sulfide) groups is 1. The molecule has 0 aromatic heterocycles. The van der Waals surface area contributed by atoms with Gasteiger partial charge in [-0.25, -0.2) is 0 Å². The van der Waals surface area contributed by atoms with Crippen LogP contribution in [0.4, 0.5) is 5.69 Å². The second-order valence-corrected chi connectivity index (χ2v) is 7.36. The minimum absolute atomic E-state index is 0.157. The molecule has 0 saturated heterocycles. The standard InChI is InChI=1S/C19H21ClN2O2S/c1-3-12-21-19(24)16-6-4-5-7-17(16)22-18(23)13(2)25-15-10-8-14(20)9-11-15/h4-11,13H,3,12H2,1-2H3,(H,21,24)(H,22,23)/t13-/m0/s1. The average Bonchev–Trinajstić information content (AvgIpc) is 2.62. The minimum atomic E-state index is -0.312. The largest absolute Gasteiger partial charge is 0.352 e. The average molecular weight is 377 g/mol. The smallest absolute Gasteiger partial charge is 0.253 e. The fourth-order valence-corrected chi connectivity index (χ4v) is 3.12. The van der Waals surface area contributed by atoms with Crippen LogP contribution in [-0.2, 0) is 4.79 Å². The van der Waals surface area contributed by atoms with Crippen molar-refractivity contribution in [2.24, 2.45) is 0 Å². The molecule has 0 saturated carbocycles. The number of para-hydroxylation sites is 1. The molecule has 2 aromatic rings. The summed E-state index contributed by atoms with van der Waals surface area (Å²) < 4.78 is 0. The third-order valence-corrected chi connectivity index (χ3v) is 4.82. The Balaban J connectivity index is 2.04. The van der Waals surface area contributed by atoms with E-state index in [4.69, 9.17) is 11.6 Å². The van der Waals surface area contributed by atoms with Gasteiger partial charge >= 0.3 is 0 Å². The lowest BCUT2D eigenvalue weighted by atomic mass is 10.1. The summed E-state index contributed by atoms with van der Waals surface area (Å²) in [5, 5.41) is 6.03. The lowest BCUT2D eigenvalue weighted by Gasteiger charge is -2.14. The van der Waals surface area contributed by atoms with Crippen molar-refractivity contribution in [3.63, 3.8) is 0 Å². The number of carbonyl (C=O) groups excluding carboxylic acids is 2. The van der Waals surface area contributed by atoms with Crippen LogP contribution in [0.3, 0.4) is 0 Å². The molecule has 0 aliphatic carbocycles. The number of halogens is 1. The van der Waals surface area contributed by atoms with Crippen LogP contribution in [0.1, 0.15) is 30.6 Å². The molecule has 0 fully saturated rings. The van der Waals surface area contributed by atoms with Crippen molar-refractivity contribution in [3.05, 3.63) is 59.1 Å². The van der Waals surface area contributed by atoms with Crippen LogP contribution in [0.2, 0.25) is 5.02 Å². The summed E-state index contributed by atoms with van der Waals surface area (Å²) in [6, 6.07) is 14.4. The van der Waals surface area contributed by atoms with Crippen molar-refractivity contribution in [2.45, 2.75) is 30.4 Å². The van der Waals surface area contributed by atoms with E-state index in [1.807, 2.05) is 26.0 Å². The quantitative estimate of drug-likeness (QED) is 0.694. The Labute approximate surface area is 157 Å². The first-order chi connectivity index (χ1) is 12.0. The van der Waals surface area contributed by atoms with Gasteiger partial charge in [-0.3, -0.25) is 9.59 Å². The molecule has 0 radical (unpaired) electrons. The normalized spacial score (nSPS) is 11.6. The molecule has 2 amide bonds. The Kier molecular flexibility index (Phi) is 7.34. The van der Waals surface area contributed by atoms with Gasteiger partial charge in [0, 0.05) is 16.5 Å². The van der Waals surface area contributed by atoms with E-state index >= 15 is 0 Å². The molecule has 1 atom stereocenters. The summed E-state index contributed by atoms with van der Waals surface area (Å²) in [6.07, 6.45) is 0.856. The lowest BCUT2D eigenvalue weighted by Crippen LogP contribution is -2.27. The van der Waals surface area contributed by atoms with E-state index in [2.05, 4.69) is 10.6 Å². The molecule has 132 valence electrons. The van der Waals surface area contributed by atoms with Crippen LogP contribution >= 0.6 is 23.4 Å². The number of amides is 2. The van der Waals surface area contributed by atoms with Crippen LogP contribution in [0.5, 0.6) is 0 Å². The molecule has 0 aliphatic heterocycles. The highest BCUT2D eigenvalue weighted by Crippen LogP contribution is 2.26. The summed E-state index contributed by atoms with van der Waals surface area (Å²) in [4.78, 5) is 25.7. The van der Waals surface area contributed by atoms with Crippen molar-refractivity contribution >= 4 is 40.9 Å². The molecule has 0 unspecified atom stereocenters. The number of carbonyl (C=O) groups is 2. The highest BCUT2D eigenvalue weighted by atomic mass is 35.5. The molecule has 2 aromatic carbocycles. The SMILES string of the molecule is CCCNC(=O)c1ccccc1NC(=O)[C@H](C)Sc1ccc(Cl)cc1. The molecule has 4 nitrogen and oxygen atoms in total. The molecule has 6 heteroatoms. The fourth-order valence-electron chi connectivity index (χ4n) is 2.13. The zero-order valence-electron chi connectivity index (χ0n) is 14.2. The lowest BCUT2D eigenvalue weighted by molar-refractivity contribution is -0.115. The third-order valence-electron chi connectivity index (χ3n) is 3.46. The summed E-state index contributed by atoms with van der Waals surface area (Å²) in [5.41, 5.74) is 0.984. The number of benzene rings is 2. The van der Waals surface area contributed by atoms with Gasteiger partial charge in [0.15, 0.2) is 0 Å². The third kappa shape index (κ3) is 5.80. The maximum Gasteiger partial charge on any atom is 0.253 e. The molecule has 2 N–H and O–H groups in total. The van der Waals surface area contributed by atoms with E-state index in [0.717, 1.165) is 11.3 Å². The van der Waals surface area contributed by atoms with E-state index in [1.54, 1.807) is 36.4 Å². The van der Waals surface area contributed by atoms with Crippen LogP contribution in [0.25, 0.3) is 0 Å². The Morgan fingerprint density at radius 2 is 1.80 bits per heavy atom. The molecule has 0 heterocycles. The second-order valence-electron chi connectivity index (χ2n) is 5.50. The van der Waals surface area contributed by atoms with Gasteiger partial charge in [-0.1, -0.05) is 30.7 Å². The molecule has 0 aliphatic rings. The van der Waals surface area contributed by atoms with E-state index in [9.17, 15) is 9.59 Å². The summed E-state index contributed by atoms with van der Waals surface area (Å²) in [6.45, 7) is 4.42. The minimum Gasteiger partial charge on any atom is -0.352 e. The predicted molar refractivity (Wildman–Crippen MR) is 104 cm³/mol. The highest BCUT2D eigenvalue weighted by molar-refractivity contribution is 8.00. The molecule has 0 bridgehead atoms. The highest BCUT2D eigenvalue weighted by Gasteiger charge is 2.18. The van der Waals surface area contributed by atoms with Crippen LogP contribution in [0.15, 0.2) is 53.4 Å². The van der Waals surface area contributed by atoms with Gasteiger partial charge in [-0.05, 0) is 49.7 Å². The van der Waals surface area contributed by atoms with Crippen LogP contribution in [-0.4, -0.2) is 23.6 Å². The Hall–Kier alpha value is -1.98. The molecular formula is C19H21ClN2O2S. The summed E-state index contributed by atoms with van der Waals surface area (Å²) in [7, 11) is 0. The molecular weight excluding hydrogens is 356 g/mol. The van der Waals surface area contributed by atoms with Crippen molar-refractivity contribution in [1.29, 1.82) is 0 Å². The van der Waals surface area contributed by atoms with Gasteiger partial charge in [0.25, 0.3) is 5.91 Å². The number of hydrogen-bond acceptors (Lipinski definition) is 3. The van der Waals surface area contributed by atoms with Crippen molar-refractivity contribution in [1.82, 2.24) is 5.32 Å².